The van der Waals surface area contributed by atoms with Gasteiger partial charge in [-0.25, -0.2) is 18.1 Å². The van der Waals surface area contributed by atoms with Gasteiger partial charge in [-0.15, -0.1) is 0 Å². The number of nitrogens with zero attached hydrogens (tertiary/aromatic N) is 3. The van der Waals surface area contributed by atoms with Gasteiger partial charge in [-0.3, -0.25) is 14.7 Å². The smallest absolute Gasteiger partial charge is 0.252 e. The van der Waals surface area contributed by atoms with Crippen LogP contribution in [0.4, 0.5) is 5.13 Å². The zero-order valence-electron chi connectivity index (χ0n) is 16.7. The molecule has 2 aromatic heterocycles. The molecule has 0 radical (unpaired) electrons. The first kappa shape index (κ1) is 20.6. The van der Waals surface area contributed by atoms with Gasteiger partial charge in [-0.2, -0.15) is 0 Å². The zero-order valence-corrected chi connectivity index (χ0v) is 18.3. The Morgan fingerprint density at radius 2 is 1.93 bits per heavy atom. The number of rotatable bonds is 7. The first-order valence-corrected chi connectivity index (χ1v) is 11.9. The second-order valence-corrected chi connectivity index (χ2v) is 10.2. The van der Waals surface area contributed by atoms with E-state index >= 15 is 0 Å². The maximum Gasteiger partial charge on any atom is 0.252 e. The number of aryl methyl sites for hydroxylation is 1. The van der Waals surface area contributed by atoms with Gasteiger partial charge in [0.15, 0.2) is 9.34 Å². The minimum Gasteiger partial charge on any atom is -0.291 e. The van der Waals surface area contributed by atoms with E-state index in [9.17, 15) is 13.2 Å². The molecule has 0 atom stereocenters. The van der Waals surface area contributed by atoms with Gasteiger partial charge in [-0.1, -0.05) is 41.7 Å². The number of hydrogen-bond acceptors (Lipinski definition) is 6. The standard InChI is InChI=1S/C21H22N4O3S2/c1-14-20(30(27,28)24-17-10-11-17)29-21(23-14)25(2)19(26)13-15-6-8-16(9-7-15)18-5-3-4-12-22-18/h3-9,12,17,24H,10-11,13H2,1-2H3. The maximum atomic E-state index is 12.7. The maximum absolute atomic E-state index is 12.7. The summed E-state index contributed by atoms with van der Waals surface area (Å²) >= 11 is 1.02. The average Bonchev–Trinajstić information content (AvgIpc) is 3.45. The van der Waals surface area contributed by atoms with E-state index in [1.807, 2.05) is 42.5 Å². The molecule has 30 heavy (non-hydrogen) atoms. The normalized spacial score (nSPS) is 13.9. The third-order valence-corrected chi connectivity index (χ3v) is 8.18. The van der Waals surface area contributed by atoms with Crippen LogP contribution in [0.1, 0.15) is 24.1 Å². The molecule has 0 saturated heterocycles. The van der Waals surface area contributed by atoms with E-state index in [4.69, 9.17) is 0 Å². The number of thiazole rings is 1. The zero-order chi connectivity index (χ0) is 21.3. The third kappa shape index (κ3) is 4.58. The van der Waals surface area contributed by atoms with Gasteiger partial charge in [0.05, 0.1) is 17.8 Å². The number of hydrogen-bond donors (Lipinski definition) is 1. The van der Waals surface area contributed by atoms with Crippen molar-refractivity contribution in [3.05, 3.63) is 59.9 Å². The Bertz CT molecular complexity index is 1150. The van der Waals surface area contributed by atoms with Crippen LogP contribution in [-0.2, 0) is 21.2 Å². The van der Waals surface area contributed by atoms with Crippen LogP contribution in [0.3, 0.4) is 0 Å². The summed E-state index contributed by atoms with van der Waals surface area (Å²) in [7, 11) is -1.98. The van der Waals surface area contributed by atoms with Crippen LogP contribution in [0, 0.1) is 6.92 Å². The van der Waals surface area contributed by atoms with E-state index in [-0.39, 0.29) is 22.6 Å². The monoisotopic (exact) mass is 442 g/mol. The molecule has 7 nitrogen and oxygen atoms in total. The predicted octanol–water partition coefficient (Wildman–Crippen LogP) is 3.16. The Hall–Kier alpha value is -2.62. The molecule has 4 rings (SSSR count). The highest BCUT2D eigenvalue weighted by atomic mass is 32.2. The van der Waals surface area contributed by atoms with Gasteiger partial charge in [0.2, 0.25) is 5.91 Å². The van der Waals surface area contributed by atoms with Gasteiger partial charge in [-0.05, 0) is 37.5 Å². The summed E-state index contributed by atoms with van der Waals surface area (Å²) in [4.78, 5) is 22.8. The first-order chi connectivity index (χ1) is 14.3. The average molecular weight is 443 g/mol. The molecule has 1 aromatic carbocycles. The van der Waals surface area contributed by atoms with E-state index in [1.54, 1.807) is 20.2 Å². The summed E-state index contributed by atoms with van der Waals surface area (Å²) in [6, 6.07) is 13.4. The number of amides is 1. The highest BCUT2D eigenvalue weighted by Crippen LogP contribution is 2.31. The molecule has 1 amide bonds. The molecule has 0 spiro atoms. The number of likely N-dealkylation sites (N-methyl/N-ethyl adjacent to an activating group) is 1. The molecular formula is C21H22N4O3S2. The van der Waals surface area contributed by atoms with Crippen LogP contribution >= 0.6 is 11.3 Å². The number of nitrogens with one attached hydrogen (secondary N) is 1. The van der Waals surface area contributed by atoms with Crippen molar-refractivity contribution in [2.24, 2.45) is 0 Å². The quantitative estimate of drug-likeness (QED) is 0.607. The molecule has 1 aliphatic rings. The number of sulfonamides is 1. The summed E-state index contributed by atoms with van der Waals surface area (Å²) < 4.78 is 27.8. The van der Waals surface area contributed by atoms with Crippen LogP contribution in [0.5, 0.6) is 0 Å². The minimum atomic E-state index is -3.59. The van der Waals surface area contributed by atoms with E-state index in [1.165, 1.54) is 4.90 Å². The van der Waals surface area contributed by atoms with Crippen molar-refractivity contribution in [3.63, 3.8) is 0 Å². The number of pyridine rings is 1. The number of benzene rings is 1. The van der Waals surface area contributed by atoms with Crippen LogP contribution in [0.15, 0.2) is 52.9 Å². The van der Waals surface area contributed by atoms with Gasteiger partial charge >= 0.3 is 0 Å². The lowest BCUT2D eigenvalue weighted by atomic mass is 10.1. The molecule has 2 heterocycles. The second kappa shape index (κ2) is 8.25. The van der Waals surface area contributed by atoms with Crippen molar-refractivity contribution in [3.8, 4) is 11.3 Å². The van der Waals surface area contributed by atoms with Crippen molar-refractivity contribution in [1.82, 2.24) is 14.7 Å². The van der Waals surface area contributed by atoms with Crippen LogP contribution in [-0.4, -0.2) is 37.4 Å². The first-order valence-electron chi connectivity index (χ1n) is 9.60. The summed E-state index contributed by atoms with van der Waals surface area (Å²) in [6.45, 7) is 1.65. The summed E-state index contributed by atoms with van der Waals surface area (Å²) in [5.74, 6) is -0.159. The number of aromatic nitrogens is 2. The molecule has 1 N–H and O–H groups in total. The lowest BCUT2D eigenvalue weighted by Gasteiger charge is -2.14. The molecule has 0 unspecified atom stereocenters. The van der Waals surface area contributed by atoms with Crippen molar-refractivity contribution in [2.75, 3.05) is 11.9 Å². The third-order valence-electron chi connectivity index (χ3n) is 4.82. The highest BCUT2D eigenvalue weighted by molar-refractivity contribution is 7.91. The fourth-order valence-corrected chi connectivity index (χ4v) is 5.77. The van der Waals surface area contributed by atoms with Crippen molar-refractivity contribution in [1.29, 1.82) is 0 Å². The van der Waals surface area contributed by atoms with Gasteiger partial charge in [0, 0.05) is 24.8 Å². The molecular weight excluding hydrogens is 420 g/mol. The Morgan fingerprint density at radius 3 is 2.57 bits per heavy atom. The van der Waals surface area contributed by atoms with E-state index < -0.39 is 10.0 Å². The van der Waals surface area contributed by atoms with Gasteiger partial charge in [0.1, 0.15) is 0 Å². The SMILES string of the molecule is Cc1nc(N(C)C(=O)Cc2ccc(-c3ccccn3)cc2)sc1S(=O)(=O)NC1CC1. The number of anilines is 1. The molecule has 1 aliphatic carbocycles. The fourth-order valence-electron chi connectivity index (χ4n) is 2.96. The predicted molar refractivity (Wildman–Crippen MR) is 117 cm³/mol. The Morgan fingerprint density at radius 1 is 1.20 bits per heavy atom. The molecule has 0 aliphatic heterocycles. The molecule has 0 bridgehead atoms. The van der Waals surface area contributed by atoms with E-state index in [2.05, 4.69) is 14.7 Å². The van der Waals surface area contributed by atoms with Crippen LogP contribution < -0.4 is 9.62 Å². The topological polar surface area (TPSA) is 92.3 Å². The Balaban J connectivity index is 1.45. The number of carbonyl (C=O) groups is 1. The lowest BCUT2D eigenvalue weighted by Crippen LogP contribution is -2.27. The van der Waals surface area contributed by atoms with Crippen molar-refractivity contribution >= 4 is 32.4 Å². The van der Waals surface area contributed by atoms with Crippen molar-refractivity contribution < 1.29 is 13.2 Å². The molecule has 1 fully saturated rings. The van der Waals surface area contributed by atoms with Crippen molar-refractivity contribution in [2.45, 2.75) is 36.4 Å². The summed E-state index contributed by atoms with van der Waals surface area (Å²) in [6.07, 6.45) is 3.66. The lowest BCUT2D eigenvalue weighted by molar-refractivity contribution is -0.117. The Labute approximate surface area is 179 Å². The Kier molecular flexibility index (Phi) is 5.68. The molecule has 1 saturated carbocycles. The minimum absolute atomic E-state index is 0.0216. The van der Waals surface area contributed by atoms with E-state index in [0.29, 0.717) is 10.8 Å². The molecule has 3 aromatic rings. The van der Waals surface area contributed by atoms with Gasteiger partial charge in [0.25, 0.3) is 10.0 Å². The summed E-state index contributed by atoms with van der Waals surface area (Å²) in [5.41, 5.74) is 3.12. The van der Waals surface area contributed by atoms with E-state index in [0.717, 1.165) is 41.0 Å². The second-order valence-electron chi connectivity index (χ2n) is 7.31. The van der Waals surface area contributed by atoms with Gasteiger partial charge < -0.3 is 0 Å². The van der Waals surface area contributed by atoms with Crippen LogP contribution in [0.25, 0.3) is 11.3 Å². The number of carbonyl (C=O) groups excluding carboxylic acids is 1. The van der Waals surface area contributed by atoms with Crippen LogP contribution in [0.2, 0.25) is 0 Å². The highest BCUT2D eigenvalue weighted by Gasteiger charge is 2.31. The largest absolute Gasteiger partial charge is 0.291 e. The summed E-state index contributed by atoms with van der Waals surface area (Å²) in [5, 5.41) is 0.374. The fraction of sp³-hybridized carbons (Fsp3) is 0.286. The molecule has 9 heteroatoms. The molecule has 156 valence electrons.